The van der Waals surface area contributed by atoms with Crippen LogP contribution in [0.15, 0.2) is 102 Å². The van der Waals surface area contributed by atoms with Gasteiger partial charge in [-0.1, -0.05) is 102 Å². The number of nitrogens with zero attached hydrogens (tertiary/aromatic N) is 2. The Kier molecular flexibility index (Phi) is 11.4. The van der Waals surface area contributed by atoms with Crippen molar-refractivity contribution in [1.82, 2.24) is 10.2 Å². The molecule has 0 aromatic heterocycles. The van der Waals surface area contributed by atoms with Gasteiger partial charge in [-0.3, -0.25) is 13.9 Å². The molecule has 8 nitrogen and oxygen atoms in total. The van der Waals surface area contributed by atoms with Crippen LogP contribution in [0.4, 0.5) is 5.69 Å². The number of nitrogens with one attached hydrogen (secondary N) is 1. The van der Waals surface area contributed by atoms with E-state index < -0.39 is 28.5 Å². The largest absolute Gasteiger partial charge is 0.495 e. The summed E-state index contributed by atoms with van der Waals surface area (Å²) in [6, 6.07) is 27.5. The molecule has 1 unspecified atom stereocenters. The van der Waals surface area contributed by atoms with Crippen LogP contribution in [0.5, 0.6) is 5.75 Å². The molecule has 0 aliphatic heterocycles. The molecular weight excluding hydrogens is 646 g/mol. The number of anilines is 1. The molecule has 0 saturated heterocycles. The molecule has 10 heteroatoms. The second-order valence-electron chi connectivity index (χ2n) is 12.3. The summed E-state index contributed by atoms with van der Waals surface area (Å²) in [6.07, 6.45) is 4.11. The molecule has 252 valence electrons. The molecule has 0 bridgehead atoms. The Morgan fingerprint density at radius 2 is 1.56 bits per heavy atom. The molecule has 1 saturated carbocycles. The normalized spacial score (nSPS) is 13.9. The summed E-state index contributed by atoms with van der Waals surface area (Å²) < 4.78 is 35.0. The van der Waals surface area contributed by atoms with Crippen LogP contribution in [0, 0.1) is 13.8 Å². The van der Waals surface area contributed by atoms with Crippen molar-refractivity contribution in [2.45, 2.75) is 69.5 Å². The Morgan fingerprint density at radius 3 is 2.21 bits per heavy atom. The van der Waals surface area contributed by atoms with Gasteiger partial charge in [0.25, 0.3) is 10.0 Å². The van der Waals surface area contributed by atoms with Gasteiger partial charge in [-0.25, -0.2) is 8.42 Å². The monoisotopic (exact) mass is 687 g/mol. The van der Waals surface area contributed by atoms with E-state index in [2.05, 4.69) is 5.32 Å². The molecule has 4 aromatic rings. The minimum absolute atomic E-state index is 0.0258. The zero-order chi connectivity index (χ0) is 34.3. The van der Waals surface area contributed by atoms with Gasteiger partial charge in [-0.15, -0.1) is 0 Å². The zero-order valence-electron chi connectivity index (χ0n) is 27.6. The first kappa shape index (κ1) is 35.0. The number of halogens is 1. The van der Waals surface area contributed by atoms with Gasteiger partial charge < -0.3 is 15.0 Å². The number of ether oxygens (including phenoxy) is 1. The lowest BCUT2D eigenvalue weighted by Gasteiger charge is -2.34. The molecule has 0 heterocycles. The Labute approximate surface area is 288 Å². The molecule has 4 aromatic carbocycles. The molecular formula is C38H42ClN3O5S. The zero-order valence-corrected chi connectivity index (χ0v) is 29.1. The Balaban J connectivity index is 1.58. The molecule has 5 rings (SSSR count). The van der Waals surface area contributed by atoms with E-state index in [0.717, 1.165) is 52.2 Å². The third kappa shape index (κ3) is 8.57. The number of sulfonamides is 1. The predicted molar refractivity (Wildman–Crippen MR) is 190 cm³/mol. The molecule has 2 amide bonds. The van der Waals surface area contributed by atoms with Crippen LogP contribution in [0.3, 0.4) is 0 Å². The second-order valence-corrected chi connectivity index (χ2v) is 14.6. The van der Waals surface area contributed by atoms with Crippen LogP contribution in [0.25, 0.3) is 0 Å². The molecule has 1 atom stereocenters. The summed E-state index contributed by atoms with van der Waals surface area (Å²) in [5.41, 5.74) is 3.81. The number of amides is 2. The van der Waals surface area contributed by atoms with Crippen molar-refractivity contribution in [2.24, 2.45) is 0 Å². The standard InChI is InChI=1S/C38H42ClN3O5S/c1-27-16-19-33(20-17-27)48(45,46)42(32-18-21-36(47-3)34(39)24-32)26-37(43)41(25-30-13-9-10-28(2)22-30)35(23-29-11-5-4-6-12-29)38(44)40-31-14-7-8-15-31/h4-6,9-13,16-22,24,31,35H,7-8,14-15,23,25-26H2,1-3H3,(H,40,44). The van der Waals surface area contributed by atoms with Gasteiger partial charge in [-0.2, -0.15) is 0 Å². The fourth-order valence-electron chi connectivity index (χ4n) is 6.11. The lowest BCUT2D eigenvalue weighted by Crippen LogP contribution is -2.54. The number of carbonyl (C=O) groups excluding carboxylic acids is 2. The summed E-state index contributed by atoms with van der Waals surface area (Å²) in [5, 5.41) is 3.40. The Bertz CT molecular complexity index is 1830. The minimum atomic E-state index is -4.25. The maximum absolute atomic E-state index is 14.7. The fraction of sp³-hybridized carbons (Fsp3) is 0.316. The number of hydrogen-bond acceptors (Lipinski definition) is 5. The van der Waals surface area contributed by atoms with E-state index in [4.69, 9.17) is 16.3 Å². The fourth-order valence-corrected chi connectivity index (χ4v) is 7.76. The third-order valence-electron chi connectivity index (χ3n) is 8.72. The highest BCUT2D eigenvalue weighted by Crippen LogP contribution is 2.32. The SMILES string of the molecule is COc1ccc(N(CC(=O)N(Cc2cccc(C)c2)C(Cc2ccccc2)C(=O)NC2CCCC2)S(=O)(=O)c2ccc(C)cc2)cc1Cl. The maximum Gasteiger partial charge on any atom is 0.264 e. The van der Waals surface area contributed by atoms with Crippen LogP contribution in [0.2, 0.25) is 5.02 Å². The predicted octanol–water partition coefficient (Wildman–Crippen LogP) is 6.86. The van der Waals surface area contributed by atoms with Crippen molar-refractivity contribution in [3.05, 3.63) is 124 Å². The van der Waals surface area contributed by atoms with E-state index in [1.54, 1.807) is 24.3 Å². The van der Waals surface area contributed by atoms with E-state index in [1.165, 1.54) is 30.2 Å². The number of hydrogen-bond donors (Lipinski definition) is 1. The number of carbonyl (C=O) groups is 2. The van der Waals surface area contributed by atoms with Crippen molar-refractivity contribution in [1.29, 1.82) is 0 Å². The lowest BCUT2D eigenvalue weighted by atomic mass is 10.0. The molecule has 1 aliphatic carbocycles. The van der Waals surface area contributed by atoms with Crippen molar-refractivity contribution < 1.29 is 22.7 Å². The molecule has 0 spiro atoms. The first-order chi connectivity index (χ1) is 23.0. The summed E-state index contributed by atoms with van der Waals surface area (Å²) in [4.78, 5) is 30.4. The van der Waals surface area contributed by atoms with E-state index in [-0.39, 0.29) is 40.5 Å². The number of aryl methyl sites for hydroxylation is 2. The minimum Gasteiger partial charge on any atom is -0.495 e. The highest BCUT2D eigenvalue weighted by atomic mass is 35.5. The van der Waals surface area contributed by atoms with E-state index >= 15 is 0 Å². The van der Waals surface area contributed by atoms with Crippen molar-refractivity contribution >= 4 is 39.1 Å². The van der Waals surface area contributed by atoms with Gasteiger partial charge in [-0.05, 0) is 68.1 Å². The van der Waals surface area contributed by atoms with Gasteiger partial charge >= 0.3 is 0 Å². The van der Waals surface area contributed by atoms with Crippen LogP contribution in [0.1, 0.15) is 47.9 Å². The van der Waals surface area contributed by atoms with Gasteiger partial charge in [0.2, 0.25) is 11.8 Å². The van der Waals surface area contributed by atoms with Crippen LogP contribution >= 0.6 is 11.6 Å². The first-order valence-corrected chi connectivity index (χ1v) is 18.0. The van der Waals surface area contributed by atoms with Crippen molar-refractivity contribution in [3.63, 3.8) is 0 Å². The van der Waals surface area contributed by atoms with Gasteiger partial charge in [0.05, 0.1) is 22.7 Å². The van der Waals surface area contributed by atoms with Gasteiger partial charge in [0, 0.05) is 19.0 Å². The van der Waals surface area contributed by atoms with Crippen LogP contribution in [-0.4, -0.2) is 50.9 Å². The number of rotatable bonds is 13. The third-order valence-corrected chi connectivity index (χ3v) is 10.8. The second kappa shape index (κ2) is 15.7. The average molecular weight is 688 g/mol. The molecule has 1 fully saturated rings. The van der Waals surface area contributed by atoms with Crippen molar-refractivity contribution in [3.8, 4) is 5.75 Å². The summed E-state index contributed by atoms with van der Waals surface area (Å²) in [7, 11) is -2.78. The van der Waals surface area contributed by atoms with Crippen LogP contribution in [-0.2, 0) is 32.6 Å². The number of benzene rings is 4. The topological polar surface area (TPSA) is 96.0 Å². The quantitative estimate of drug-likeness (QED) is 0.166. The number of methoxy groups -OCH3 is 1. The summed E-state index contributed by atoms with van der Waals surface area (Å²) in [5.74, 6) is -0.416. The van der Waals surface area contributed by atoms with Gasteiger partial charge in [0.15, 0.2) is 0 Å². The Hall–Kier alpha value is -4.34. The molecule has 0 radical (unpaired) electrons. The van der Waals surface area contributed by atoms with E-state index in [1.807, 2.05) is 68.4 Å². The average Bonchev–Trinajstić information content (AvgIpc) is 3.58. The molecule has 1 aliphatic rings. The van der Waals surface area contributed by atoms with E-state index in [9.17, 15) is 18.0 Å². The lowest BCUT2D eigenvalue weighted by molar-refractivity contribution is -0.140. The molecule has 1 N–H and O–H groups in total. The van der Waals surface area contributed by atoms with Crippen LogP contribution < -0.4 is 14.4 Å². The molecule has 48 heavy (non-hydrogen) atoms. The summed E-state index contributed by atoms with van der Waals surface area (Å²) >= 11 is 6.48. The van der Waals surface area contributed by atoms with Gasteiger partial charge in [0.1, 0.15) is 18.3 Å². The van der Waals surface area contributed by atoms with Crippen molar-refractivity contribution in [2.75, 3.05) is 18.0 Å². The summed E-state index contributed by atoms with van der Waals surface area (Å²) in [6.45, 7) is 3.38. The highest BCUT2D eigenvalue weighted by molar-refractivity contribution is 7.92. The maximum atomic E-state index is 14.7. The van der Waals surface area contributed by atoms with E-state index in [0.29, 0.717) is 5.75 Å². The highest BCUT2D eigenvalue weighted by Gasteiger charge is 2.35. The Morgan fingerprint density at radius 1 is 0.875 bits per heavy atom. The first-order valence-electron chi connectivity index (χ1n) is 16.2. The smallest absolute Gasteiger partial charge is 0.264 e.